The molecule has 0 aliphatic carbocycles. The van der Waals surface area contributed by atoms with Crippen LogP contribution in [-0.2, 0) is 9.47 Å². The molecular weight excluding hydrogens is 532 g/mol. The predicted octanol–water partition coefficient (Wildman–Crippen LogP) is -1.16. The van der Waals surface area contributed by atoms with Gasteiger partial charge in [0.05, 0.1) is 18.1 Å². The van der Waals surface area contributed by atoms with Crippen molar-refractivity contribution in [2.75, 3.05) is 6.61 Å². The smallest absolute Gasteiger partial charge is 0.235 e. The summed E-state index contributed by atoms with van der Waals surface area (Å²) in [5, 5.41) is 70.5. The van der Waals surface area contributed by atoms with Gasteiger partial charge < -0.3 is 59.1 Å². The van der Waals surface area contributed by atoms with Gasteiger partial charge in [0.1, 0.15) is 54.1 Å². The topological polar surface area (TPSA) is 209 Å². The minimum atomic E-state index is -1.76. The van der Waals surface area contributed by atoms with Crippen molar-refractivity contribution < 1.29 is 59.1 Å². The van der Waals surface area contributed by atoms with Gasteiger partial charge in [0, 0.05) is 11.6 Å². The zero-order valence-electron chi connectivity index (χ0n) is 21.2. The average molecular weight is 563 g/mol. The Kier molecular flexibility index (Phi) is 8.10. The third kappa shape index (κ3) is 5.19. The molecule has 0 saturated carbocycles. The highest BCUT2D eigenvalue weighted by Gasteiger charge is 2.46. The van der Waals surface area contributed by atoms with Crippen molar-refractivity contribution >= 4 is 11.0 Å². The van der Waals surface area contributed by atoms with Gasteiger partial charge in [-0.1, -0.05) is 30.3 Å². The molecule has 0 bridgehead atoms. The number of fused-ring (bicyclic) bond motifs is 1. The summed E-state index contributed by atoms with van der Waals surface area (Å²) in [7, 11) is 0. The minimum absolute atomic E-state index is 0.0422. The van der Waals surface area contributed by atoms with Gasteiger partial charge in [0.25, 0.3) is 0 Å². The molecule has 2 aliphatic rings. The summed E-state index contributed by atoms with van der Waals surface area (Å²) >= 11 is 0. The van der Waals surface area contributed by atoms with E-state index >= 15 is 0 Å². The van der Waals surface area contributed by atoms with E-state index in [1.54, 1.807) is 30.3 Å². The number of hydrogen-bond acceptors (Lipinski definition) is 13. The molecular formula is C27H30O13. The summed E-state index contributed by atoms with van der Waals surface area (Å²) in [6.07, 6.45) is -14.5. The Bertz CT molecular complexity index is 1380. The molecule has 5 rings (SSSR count). The van der Waals surface area contributed by atoms with Gasteiger partial charge in [-0.2, -0.15) is 0 Å². The first-order valence-electron chi connectivity index (χ1n) is 12.6. The van der Waals surface area contributed by atoms with Gasteiger partial charge in [-0.3, -0.25) is 4.79 Å². The molecule has 3 heterocycles. The number of aliphatic hydroxyl groups excluding tert-OH is 7. The Labute approximate surface area is 227 Å². The molecule has 40 heavy (non-hydrogen) atoms. The first kappa shape index (κ1) is 28.4. The molecule has 0 amide bonds. The molecule has 216 valence electrons. The number of hydrogen-bond donors (Lipinski definition) is 7. The number of benzene rings is 2. The van der Waals surface area contributed by atoms with Crippen molar-refractivity contribution in [3.05, 3.63) is 58.8 Å². The van der Waals surface area contributed by atoms with Crippen LogP contribution in [0.3, 0.4) is 0 Å². The first-order chi connectivity index (χ1) is 19.1. The van der Waals surface area contributed by atoms with E-state index in [1.165, 1.54) is 25.1 Å². The maximum atomic E-state index is 13.6. The van der Waals surface area contributed by atoms with Gasteiger partial charge in [-0.25, -0.2) is 0 Å². The van der Waals surface area contributed by atoms with E-state index in [4.69, 9.17) is 23.4 Å². The highest BCUT2D eigenvalue weighted by Crippen LogP contribution is 2.35. The average Bonchev–Trinajstić information content (AvgIpc) is 2.96. The fourth-order valence-electron chi connectivity index (χ4n) is 4.64. The zero-order valence-corrected chi connectivity index (χ0v) is 21.2. The van der Waals surface area contributed by atoms with Gasteiger partial charge in [-0.05, 0) is 19.1 Å². The largest absolute Gasteiger partial charge is 0.462 e. The Hall–Kier alpha value is -3.11. The van der Waals surface area contributed by atoms with E-state index in [0.29, 0.717) is 5.56 Å². The first-order valence-corrected chi connectivity index (χ1v) is 12.6. The van der Waals surface area contributed by atoms with Crippen LogP contribution >= 0.6 is 0 Å². The third-order valence-corrected chi connectivity index (χ3v) is 7.00. The Morgan fingerprint density at radius 3 is 2.10 bits per heavy atom. The summed E-state index contributed by atoms with van der Waals surface area (Å²) in [6, 6.07) is 12.6. The molecule has 10 atom stereocenters. The fraction of sp³-hybridized carbons (Fsp3) is 0.444. The summed E-state index contributed by atoms with van der Waals surface area (Å²) in [5.41, 5.74) is -0.185. The second-order valence-corrected chi connectivity index (χ2v) is 9.73. The second kappa shape index (κ2) is 11.4. The highest BCUT2D eigenvalue weighted by atomic mass is 16.7. The van der Waals surface area contributed by atoms with E-state index < -0.39 is 73.4 Å². The molecule has 1 aromatic heterocycles. The van der Waals surface area contributed by atoms with Crippen LogP contribution < -0.4 is 14.9 Å². The number of rotatable bonds is 6. The maximum absolute atomic E-state index is 13.6. The van der Waals surface area contributed by atoms with Crippen molar-refractivity contribution in [1.29, 1.82) is 0 Å². The molecule has 7 N–H and O–H groups in total. The summed E-state index contributed by atoms with van der Waals surface area (Å²) in [6.45, 7) is 0.832. The van der Waals surface area contributed by atoms with Crippen LogP contribution in [0.2, 0.25) is 0 Å². The molecule has 2 saturated heterocycles. The third-order valence-electron chi connectivity index (χ3n) is 7.00. The molecule has 2 aliphatic heterocycles. The van der Waals surface area contributed by atoms with Gasteiger partial charge in [0.15, 0.2) is 5.76 Å². The lowest BCUT2D eigenvalue weighted by Gasteiger charge is -2.39. The molecule has 10 unspecified atom stereocenters. The zero-order chi connectivity index (χ0) is 28.7. The Morgan fingerprint density at radius 1 is 0.775 bits per heavy atom. The molecule has 0 radical (unpaired) electrons. The molecule has 0 spiro atoms. The normalized spacial score (nSPS) is 34.5. The molecule has 2 fully saturated rings. The highest BCUT2D eigenvalue weighted by molar-refractivity contribution is 5.83. The van der Waals surface area contributed by atoms with E-state index in [2.05, 4.69) is 0 Å². The van der Waals surface area contributed by atoms with Crippen LogP contribution in [0.1, 0.15) is 6.92 Å². The summed E-state index contributed by atoms with van der Waals surface area (Å²) in [4.78, 5) is 13.6. The van der Waals surface area contributed by atoms with Crippen molar-refractivity contribution in [2.45, 2.75) is 68.3 Å². The fourth-order valence-corrected chi connectivity index (χ4v) is 4.64. The van der Waals surface area contributed by atoms with Gasteiger partial charge in [-0.15, -0.1) is 0 Å². The Morgan fingerprint density at radius 2 is 1.43 bits per heavy atom. The summed E-state index contributed by atoms with van der Waals surface area (Å²) in [5.74, 6) is -0.279. The van der Waals surface area contributed by atoms with Crippen molar-refractivity contribution in [2.24, 2.45) is 0 Å². The predicted molar refractivity (Wildman–Crippen MR) is 135 cm³/mol. The van der Waals surface area contributed by atoms with Crippen molar-refractivity contribution in [3.63, 3.8) is 0 Å². The quantitative estimate of drug-likeness (QED) is 0.189. The van der Waals surface area contributed by atoms with E-state index in [0.717, 1.165) is 0 Å². The molecule has 2 aromatic carbocycles. The van der Waals surface area contributed by atoms with Crippen LogP contribution in [0, 0.1) is 0 Å². The van der Waals surface area contributed by atoms with Gasteiger partial charge in [0.2, 0.25) is 23.8 Å². The minimum Gasteiger partial charge on any atom is -0.462 e. The number of aliphatic hydroxyl groups is 7. The molecule has 13 heteroatoms. The van der Waals surface area contributed by atoms with Crippen LogP contribution in [0.5, 0.6) is 11.5 Å². The maximum Gasteiger partial charge on any atom is 0.235 e. The van der Waals surface area contributed by atoms with Crippen LogP contribution in [-0.4, -0.2) is 104 Å². The van der Waals surface area contributed by atoms with Gasteiger partial charge >= 0.3 is 0 Å². The standard InChI is InChI=1S/C27H30O13/c1-11-17(29)20(32)22(34)26(36-11)37-13-7-8-14-15(9-13)38-24(12-5-3-2-4-6-12)25(18(14)30)40-27-23(35)21(33)19(31)16(10-28)39-27/h2-9,11,16-17,19-23,26-29,31-35H,10H2,1H3. The van der Waals surface area contributed by atoms with E-state index in [9.17, 15) is 40.5 Å². The SMILES string of the molecule is CC1OC(Oc2ccc3c(=O)c(OC4OC(CO)C(O)C(O)C4O)c(-c4ccccc4)oc3c2)C(O)C(O)C1O. The lowest BCUT2D eigenvalue weighted by atomic mass is 9.99. The summed E-state index contributed by atoms with van der Waals surface area (Å²) < 4.78 is 28.4. The van der Waals surface area contributed by atoms with E-state index in [1.807, 2.05) is 0 Å². The van der Waals surface area contributed by atoms with E-state index in [-0.39, 0.29) is 28.2 Å². The van der Waals surface area contributed by atoms with Crippen LogP contribution in [0.15, 0.2) is 57.7 Å². The number of ether oxygens (including phenoxy) is 4. The lowest BCUT2D eigenvalue weighted by molar-refractivity contribution is -0.277. The van der Waals surface area contributed by atoms with Crippen molar-refractivity contribution in [3.8, 4) is 22.8 Å². The van der Waals surface area contributed by atoms with Crippen LogP contribution in [0.4, 0.5) is 0 Å². The van der Waals surface area contributed by atoms with Crippen molar-refractivity contribution in [1.82, 2.24) is 0 Å². The molecule has 3 aromatic rings. The lowest BCUT2D eigenvalue weighted by Crippen LogP contribution is -2.60. The Balaban J connectivity index is 1.53. The van der Waals surface area contributed by atoms with Crippen LogP contribution in [0.25, 0.3) is 22.3 Å². The second-order valence-electron chi connectivity index (χ2n) is 9.73. The monoisotopic (exact) mass is 562 g/mol. The molecule has 13 nitrogen and oxygen atoms in total.